The van der Waals surface area contributed by atoms with Crippen molar-refractivity contribution < 1.29 is 14.2 Å². The molecule has 1 aromatic carbocycles. The lowest BCUT2D eigenvalue weighted by atomic mass is 10.2. The molecule has 0 spiro atoms. The first kappa shape index (κ1) is 22.8. The Labute approximate surface area is 162 Å². The molecule has 0 unspecified atom stereocenters. The molecule has 1 rings (SSSR count). The summed E-state index contributed by atoms with van der Waals surface area (Å²) in [5.41, 5.74) is 1.03. The van der Waals surface area contributed by atoms with Crippen molar-refractivity contribution in [3.05, 3.63) is 23.8 Å². The summed E-state index contributed by atoms with van der Waals surface area (Å²) < 4.78 is 16.1. The highest BCUT2D eigenvalue weighted by Gasteiger charge is 2.06. The van der Waals surface area contributed by atoms with Crippen LogP contribution in [-0.4, -0.2) is 47.0 Å². The first-order valence-corrected chi connectivity index (χ1v) is 7.83. The minimum Gasteiger partial charge on any atom is -0.497 e. The van der Waals surface area contributed by atoms with E-state index in [1.165, 1.54) is 0 Å². The number of guanidine groups is 1. The number of rotatable bonds is 9. The monoisotopic (exact) mass is 451 g/mol. The molecule has 0 aliphatic rings. The highest BCUT2D eigenvalue weighted by molar-refractivity contribution is 14.0. The van der Waals surface area contributed by atoms with Gasteiger partial charge in [0.25, 0.3) is 0 Å². The molecule has 0 aliphatic heterocycles. The highest BCUT2D eigenvalue weighted by Crippen LogP contribution is 2.24. The van der Waals surface area contributed by atoms with Crippen LogP contribution in [0.1, 0.15) is 19.4 Å². The van der Waals surface area contributed by atoms with Crippen LogP contribution in [0.15, 0.2) is 23.2 Å². The van der Waals surface area contributed by atoms with E-state index in [0.717, 1.165) is 29.6 Å². The predicted octanol–water partition coefficient (Wildman–Crippen LogP) is 2.66. The van der Waals surface area contributed by atoms with Crippen LogP contribution in [0.25, 0.3) is 0 Å². The lowest BCUT2D eigenvalue weighted by molar-refractivity contribution is 0.114. The SMILES string of the molecule is CN=C(NCCOCC(C)C)NCc1ccc(OC)cc1OC.I. The Hall–Kier alpha value is -1.22. The number of methoxy groups -OCH3 is 2. The number of nitrogens with zero attached hydrogens (tertiary/aromatic N) is 1. The van der Waals surface area contributed by atoms with Crippen LogP contribution in [-0.2, 0) is 11.3 Å². The van der Waals surface area contributed by atoms with Crippen LogP contribution in [0, 0.1) is 5.92 Å². The minimum atomic E-state index is 0. The number of benzene rings is 1. The summed E-state index contributed by atoms with van der Waals surface area (Å²) in [7, 11) is 5.03. The van der Waals surface area contributed by atoms with E-state index < -0.39 is 0 Å². The van der Waals surface area contributed by atoms with Crippen molar-refractivity contribution in [1.82, 2.24) is 10.6 Å². The number of hydrogen-bond donors (Lipinski definition) is 2. The van der Waals surface area contributed by atoms with Gasteiger partial charge in [-0.15, -0.1) is 24.0 Å². The fourth-order valence-electron chi connectivity index (χ4n) is 1.96. The van der Waals surface area contributed by atoms with E-state index in [4.69, 9.17) is 14.2 Å². The lowest BCUT2D eigenvalue weighted by Crippen LogP contribution is -2.38. The summed E-state index contributed by atoms with van der Waals surface area (Å²) in [6.45, 7) is 7.03. The summed E-state index contributed by atoms with van der Waals surface area (Å²) in [4.78, 5) is 4.20. The molecule has 0 saturated heterocycles. The maximum Gasteiger partial charge on any atom is 0.191 e. The third kappa shape index (κ3) is 8.58. The van der Waals surface area contributed by atoms with Crippen LogP contribution in [0.5, 0.6) is 11.5 Å². The maximum atomic E-state index is 5.54. The molecule has 1 aromatic rings. The van der Waals surface area contributed by atoms with Crippen molar-refractivity contribution in [1.29, 1.82) is 0 Å². The normalized spacial score (nSPS) is 11.0. The summed E-state index contributed by atoms with van der Waals surface area (Å²) in [5.74, 6) is 2.84. The number of nitrogens with one attached hydrogen (secondary N) is 2. The molecule has 0 aromatic heterocycles. The molecule has 0 bridgehead atoms. The molecule has 7 heteroatoms. The van der Waals surface area contributed by atoms with Gasteiger partial charge in [-0.3, -0.25) is 4.99 Å². The molecule has 138 valence electrons. The smallest absolute Gasteiger partial charge is 0.191 e. The number of hydrogen-bond acceptors (Lipinski definition) is 4. The molecule has 0 amide bonds. The molecule has 2 N–H and O–H groups in total. The standard InChI is InChI=1S/C17H29N3O3.HI/c1-13(2)12-23-9-8-19-17(18-3)20-11-14-6-7-15(21-4)10-16(14)22-5;/h6-7,10,13H,8-9,11-12H2,1-5H3,(H2,18,19,20);1H. The Kier molecular flexibility index (Phi) is 12.4. The van der Waals surface area contributed by atoms with Crippen molar-refractivity contribution >= 4 is 29.9 Å². The van der Waals surface area contributed by atoms with Crippen molar-refractivity contribution in [3.63, 3.8) is 0 Å². The van der Waals surface area contributed by atoms with Gasteiger partial charge in [-0.05, 0) is 18.1 Å². The fourth-order valence-corrected chi connectivity index (χ4v) is 1.96. The summed E-state index contributed by atoms with van der Waals surface area (Å²) in [6, 6.07) is 5.76. The molecule has 6 nitrogen and oxygen atoms in total. The second-order valence-corrected chi connectivity index (χ2v) is 5.50. The molecular formula is C17H30IN3O3. The average molecular weight is 451 g/mol. The van der Waals surface area contributed by atoms with Gasteiger partial charge in [-0.1, -0.05) is 13.8 Å². The van der Waals surface area contributed by atoms with Gasteiger partial charge < -0.3 is 24.8 Å². The summed E-state index contributed by atoms with van der Waals surface area (Å²) in [6.07, 6.45) is 0. The molecule has 0 saturated carbocycles. The second kappa shape index (κ2) is 13.1. The number of halogens is 1. The highest BCUT2D eigenvalue weighted by atomic mass is 127. The van der Waals surface area contributed by atoms with Crippen LogP contribution in [0.4, 0.5) is 0 Å². The van der Waals surface area contributed by atoms with E-state index in [9.17, 15) is 0 Å². The van der Waals surface area contributed by atoms with E-state index >= 15 is 0 Å². The molecule has 0 radical (unpaired) electrons. The fraction of sp³-hybridized carbons (Fsp3) is 0.588. The Balaban J connectivity index is 0.00000529. The first-order valence-electron chi connectivity index (χ1n) is 7.83. The van der Waals surface area contributed by atoms with Gasteiger partial charge in [-0.25, -0.2) is 0 Å². The van der Waals surface area contributed by atoms with Gasteiger partial charge in [0, 0.05) is 38.4 Å². The van der Waals surface area contributed by atoms with Gasteiger partial charge in [0.2, 0.25) is 0 Å². The third-order valence-electron chi connectivity index (χ3n) is 3.15. The molecule has 0 fully saturated rings. The maximum absolute atomic E-state index is 5.54. The quantitative estimate of drug-likeness (QED) is 0.262. The first-order chi connectivity index (χ1) is 11.1. The van der Waals surface area contributed by atoms with Crippen molar-refractivity contribution in [2.75, 3.05) is 41.0 Å². The number of aliphatic imine (C=N–C) groups is 1. The number of ether oxygens (including phenoxy) is 3. The minimum absolute atomic E-state index is 0. The molecule has 0 aliphatic carbocycles. The van der Waals surface area contributed by atoms with Crippen molar-refractivity contribution in [3.8, 4) is 11.5 Å². The van der Waals surface area contributed by atoms with Crippen LogP contribution in [0.3, 0.4) is 0 Å². The second-order valence-electron chi connectivity index (χ2n) is 5.50. The molecule has 0 heterocycles. The molecular weight excluding hydrogens is 421 g/mol. The van der Waals surface area contributed by atoms with Crippen molar-refractivity contribution in [2.24, 2.45) is 10.9 Å². The van der Waals surface area contributed by atoms with Crippen LogP contribution in [0.2, 0.25) is 0 Å². The Morgan fingerprint density at radius 2 is 1.92 bits per heavy atom. The Morgan fingerprint density at radius 1 is 1.17 bits per heavy atom. The van der Waals surface area contributed by atoms with Gasteiger partial charge in [0.05, 0.1) is 20.8 Å². The van der Waals surface area contributed by atoms with Crippen molar-refractivity contribution in [2.45, 2.75) is 20.4 Å². The zero-order valence-corrected chi connectivity index (χ0v) is 17.5. The van der Waals surface area contributed by atoms with Crippen LogP contribution >= 0.6 is 24.0 Å². The molecule has 0 atom stereocenters. The van der Waals surface area contributed by atoms with E-state index in [1.807, 2.05) is 18.2 Å². The predicted molar refractivity (Wildman–Crippen MR) is 109 cm³/mol. The molecule has 24 heavy (non-hydrogen) atoms. The third-order valence-corrected chi connectivity index (χ3v) is 3.15. The van der Waals surface area contributed by atoms with Gasteiger partial charge in [0.1, 0.15) is 11.5 Å². The van der Waals surface area contributed by atoms with E-state index in [0.29, 0.717) is 25.6 Å². The summed E-state index contributed by atoms with van der Waals surface area (Å²) in [5, 5.41) is 6.48. The lowest BCUT2D eigenvalue weighted by Gasteiger charge is -2.14. The van der Waals surface area contributed by atoms with E-state index in [-0.39, 0.29) is 24.0 Å². The average Bonchev–Trinajstić information content (AvgIpc) is 2.56. The zero-order valence-electron chi connectivity index (χ0n) is 15.2. The van der Waals surface area contributed by atoms with E-state index in [1.54, 1.807) is 21.3 Å². The van der Waals surface area contributed by atoms with Crippen LogP contribution < -0.4 is 20.1 Å². The van der Waals surface area contributed by atoms with Gasteiger partial charge in [0.15, 0.2) is 5.96 Å². The zero-order chi connectivity index (χ0) is 17.1. The summed E-state index contributed by atoms with van der Waals surface area (Å²) >= 11 is 0. The Morgan fingerprint density at radius 3 is 2.50 bits per heavy atom. The topological polar surface area (TPSA) is 64.1 Å². The Bertz CT molecular complexity index is 496. The largest absolute Gasteiger partial charge is 0.497 e. The van der Waals surface area contributed by atoms with E-state index in [2.05, 4.69) is 29.5 Å². The van der Waals surface area contributed by atoms with Gasteiger partial charge >= 0.3 is 0 Å². The van der Waals surface area contributed by atoms with Gasteiger partial charge in [-0.2, -0.15) is 0 Å².